The fourth-order valence-electron chi connectivity index (χ4n) is 5.35. The quantitative estimate of drug-likeness (QED) is 0.506. The van der Waals surface area contributed by atoms with E-state index in [1.54, 1.807) is 30.6 Å². The third kappa shape index (κ3) is 5.57. The van der Waals surface area contributed by atoms with Gasteiger partial charge in [-0.1, -0.05) is 36.9 Å². The molecule has 1 aromatic carbocycles. The highest BCUT2D eigenvalue weighted by Gasteiger charge is 2.46. The van der Waals surface area contributed by atoms with Crippen LogP contribution in [0.3, 0.4) is 0 Å². The van der Waals surface area contributed by atoms with Gasteiger partial charge in [0.1, 0.15) is 6.04 Å². The van der Waals surface area contributed by atoms with Gasteiger partial charge < -0.3 is 25.4 Å². The van der Waals surface area contributed by atoms with Crippen molar-refractivity contribution in [3.63, 3.8) is 0 Å². The number of fused-ring (bicyclic) bond motifs is 2. The molecule has 9 nitrogen and oxygen atoms in total. The lowest BCUT2D eigenvalue weighted by Gasteiger charge is -2.33. The summed E-state index contributed by atoms with van der Waals surface area (Å²) in [6.07, 6.45) is 9.04. The fraction of sp³-hybridized carbons (Fsp3) is 0.481. The average Bonchev–Trinajstić information content (AvgIpc) is 3.16. The Kier molecular flexibility index (Phi) is 7.62. The fourth-order valence-corrected chi connectivity index (χ4v) is 5.58. The van der Waals surface area contributed by atoms with E-state index in [1.807, 2.05) is 6.07 Å². The summed E-state index contributed by atoms with van der Waals surface area (Å²) < 4.78 is 11.5. The molecule has 1 aliphatic carbocycles. The molecule has 3 aliphatic rings. The number of carbonyl (C=O) groups excluding carboxylic acids is 3. The maximum atomic E-state index is 13.6. The maximum absolute atomic E-state index is 13.6. The summed E-state index contributed by atoms with van der Waals surface area (Å²) in [6, 6.07) is 6.39. The highest BCUT2D eigenvalue weighted by Crippen LogP contribution is 2.41. The molecule has 2 aliphatic heterocycles. The van der Waals surface area contributed by atoms with Gasteiger partial charge in [-0.15, -0.1) is 0 Å². The van der Waals surface area contributed by atoms with Gasteiger partial charge in [-0.25, -0.2) is 0 Å². The van der Waals surface area contributed by atoms with Crippen LogP contribution in [0.5, 0.6) is 0 Å². The number of ether oxygens (including phenoxy) is 2. The molecule has 0 bridgehead atoms. The van der Waals surface area contributed by atoms with Gasteiger partial charge in [0, 0.05) is 29.6 Å². The number of hydrogen-bond acceptors (Lipinski definition) is 8. The number of halogens is 1. The first-order valence-electron chi connectivity index (χ1n) is 12.9. The minimum Gasteiger partial charge on any atom is -0.416 e. The normalized spacial score (nSPS) is 20.6. The van der Waals surface area contributed by atoms with Crippen molar-refractivity contribution in [1.82, 2.24) is 15.6 Å². The zero-order valence-electron chi connectivity index (χ0n) is 20.6. The predicted molar refractivity (Wildman–Crippen MR) is 137 cm³/mol. The second-order valence-corrected chi connectivity index (χ2v) is 10.2. The number of anilines is 1. The number of carbonyl (C=O) groups is 3. The lowest BCUT2D eigenvalue weighted by molar-refractivity contribution is -0.225. The predicted octanol–water partition coefficient (Wildman–Crippen LogP) is 3.52. The number of pyridine rings is 1. The van der Waals surface area contributed by atoms with E-state index in [4.69, 9.17) is 21.1 Å². The second kappa shape index (κ2) is 11.1. The summed E-state index contributed by atoms with van der Waals surface area (Å²) in [7, 11) is 0. The van der Waals surface area contributed by atoms with E-state index >= 15 is 0 Å². The Hall–Kier alpha value is -3.17. The van der Waals surface area contributed by atoms with Crippen molar-refractivity contribution in [1.29, 1.82) is 0 Å². The molecule has 5 rings (SSSR count). The van der Waals surface area contributed by atoms with Gasteiger partial charge in [0.15, 0.2) is 0 Å². The van der Waals surface area contributed by atoms with Gasteiger partial charge in [0.05, 0.1) is 30.1 Å². The van der Waals surface area contributed by atoms with Crippen molar-refractivity contribution in [2.45, 2.75) is 69.2 Å². The first kappa shape index (κ1) is 25.5. The number of nitrogens with one attached hydrogen (secondary N) is 3. The summed E-state index contributed by atoms with van der Waals surface area (Å²) in [5.74, 6) is -2.79. The molecule has 37 heavy (non-hydrogen) atoms. The Morgan fingerprint density at radius 1 is 1.08 bits per heavy atom. The topological polar surface area (TPSA) is 119 Å². The molecule has 0 radical (unpaired) electrons. The van der Waals surface area contributed by atoms with Gasteiger partial charge >= 0.3 is 11.9 Å². The van der Waals surface area contributed by atoms with E-state index in [0.29, 0.717) is 34.8 Å². The molecule has 3 heterocycles. The van der Waals surface area contributed by atoms with Crippen molar-refractivity contribution in [3.05, 3.63) is 58.4 Å². The zero-order chi connectivity index (χ0) is 25.8. The number of amides is 1. The number of hydrogen-bond donors (Lipinski definition) is 3. The lowest BCUT2D eigenvalue weighted by Crippen LogP contribution is -2.43. The first-order chi connectivity index (χ1) is 17.9. The molecule has 1 spiro atoms. The number of aromatic nitrogens is 1. The van der Waals surface area contributed by atoms with E-state index in [1.165, 1.54) is 6.42 Å². The molecule has 1 atom stereocenters. The molecule has 2 aromatic rings. The van der Waals surface area contributed by atoms with Crippen LogP contribution in [0.2, 0.25) is 5.02 Å². The Morgan fingerprint density at radius 2 is 1.84 bits per heavy atom. The van der Waals surface area contributed by atoms with Crippen LogP contribution in [0.1, 0.15) is 67.7 Å². The van der Waals surface area contributed by atoms with Gasteiger partial charge in [-0.05, 0) is 49.6 Å². The highest BCUT2D eigenvalue weighted by atomic mass is 35.5. The summed E-state index contributed by atoms with van der Waals surface area (Å²) in [4.78, 5) is 42.7. The van der Waals surface area contributed by atoms with Crippen LogP contribution in [0.25, 0.3) is 0 Å². The minimum absolute atomic E-state index is 0.0426. The Bertz CT molecular complexity index is 1150. The molecular weight excluding hydrogens is 496 g/mol. The molecule has 3 N–H and O–H groups in total. The third-order valence-electron chi connectivity index (χ3n) is 7.19. The summed E-state index contributed by atoms with van der Waals surface area (Å²) in [5.41, 5.74) is 2.48. The summed E-state index contributed by atoms with van der Waals surface area (Å²) in [6.45, 7) is 0.650. The van der Waals surface area contributed by atoms with Crippen LogP contribution < -0.4 is 16.0 Å². The van der Waals surface area contributed by atoms with Crippen LogP contribution in [-0.2, 0) is 36.1 Å². The summed E-state index contributed by atoms with van der Waals surface area (Å²) >= 11 is 6.71. The number of benzene rings is 1. The SMILES string of the molecule is O=C1CCC(=O)OC2(CNCCc3c2ccc(Cl)c3NC(C(=O)NC2CCCCC2)c2cccnc2)O1. The molecular formula is C27H31ClN4O5. The van der Waals surface area contributed by atoms with Crippen LogP contribution in [0, 0.1) is 0 Å². The van der Waals surface area contributed by atoms with Crippen LogP contribution in [-0.4, -0.2) is 42.0 Å². The Morgan fingerprint density at radius 3 is 2.54 bits per heavy atom. The zero-order valence-corrected chi connectivity index (χ0v) is 21.3. The molecule has 1 aromatic heterocycles. The Labute approximate surface area is 220 Å². The first-order valence-corrected chi connectivity index (χ1v) is 13.3. The third-order valence-corrected chi connectivity index (χ3v) is 7.51. The van der Waals surface area contributed by atoms with Gasteiger partial charge in [-0.3, -0.25) is 19.4 Å². The van der Waals surface area contributed by atoms with E-state index in [0.717, 1.165) is 31.2 Å². The van der Waals surface area contributed by atoms with Crippen molar-refractivity contribution in [2.75, 3.05) is 18.4 Å². The van der Waals surface area contributed by atoms with E-state index in [2.05, 4.69) is 20.9 Å². The van der Waals surface area contributed by atoms with Crippen molar-refractivity contribution < 1.29 is 23.9 Å². The van der Waals surface area contributed by atoms with Crippen LogP contribution >= 0.6 is 11.6 Å². The molecule has 196 valence electrons. The second-order valence-electron chi connectivity index (χ2n) is 9.78. The standard InChI is InChI=1S/C27H31ClN4O5/c28-21-9-8-20-19(12-14-30-16-27(20)36-22(33)10-11-23(34)37-27)25(21)32-24(17-5-4-13-29-15-17)26(35)31-18-6-2-1-3-7-18/h4-5,8-9,13,15,18,24,30,32H,1-3,6-7,10-12,14,16H2,(H,31,35). The average molecular weight is 527 g/mol. The maximum Gasteiger partial charge on any atom is 0.309 e. The molecule has 1 unspecified atom stereocenters. The number of rotatable bonds is 5. The Balaban J connectivity index is 1.53. The molecule has 1 amide bonds. The van der Waals surface area contributed by atoms with Gasteiger partial charge in [-0.2, -0.15) is 0 Å². The van der Waals surface area contributed by atoms with E-state index < -0.39 is 23.8 Å². The van der Waals surface area contributed by atoms with Crippen molar-refractivity contribution in [3.8, 4) is 0 Å². The van der Waals surface area contributed by atoms with E-state index in [9.17, 15) is 14.4 Å². The molecule has 1 saturated heterocycles. The largest absolute Gasteiger partial charge is 0.416 e. The number of nitrogens with zero attached hydrogens (tertiary/aromatic N) is 1. The molecule has 1 saturated carbocycles. The van der Waals surface area contributed by atoms with Crippen molar-refractivity contribution >= 4 is 35.1 Å². The molecule has 10 heteroatoms. The minimum atomic E-state index is -1.61. The lowest BCUT2D eigenvalue weighted by atomic mass is 9.94. The van der Waals surface area contributed by atoms with Crippen LogP contribution in [0.15, 0.2) is 36.7 Å². The smallest absolute Gasteiger partial charge is 0.309 e. The molecule has 2 fully saturated rings. The highest BCUT2D eigenvalue weighted by molar-refractivity contribution is 6.33. The van der Waals surface area contributed by atoms with Gasteiger partial charge in [0.25, 0.3) is 5.79 Å². The van der Waals surface area contributed by atoms with E-state index in [-0.39, 0.29) is 31.3 Å². The van der Waals surface area contributed by atoms with Crippen molar-refractivity contribution in [2.24, 2.45) is 0 Å². The van der Waals surface area contributed by atoms with Gasteiger partial charge in [0.2, 0.25) is 5.91 Å². The summed E-state index contributed by atoms with van der Waals surface area (Å²) in [5, 5.41) is 10.2. The monoisotopic (exact) mass is 526 g/mol. The van der Waals surface area contributed by atoms with Crippen LogP contribution in [0.4, 0.5) is 5.69 Å². The number of esters is 2.